The summed E-state index contributed by atoms with van der Waals surface area (Å²) >= 11 is 0. The largest absolute Gasteiger partial charge is 0.305 e. The maximum atomic E-state index is 5.79. The first-order chi connectivity index (χ1) is 31.8. The molecule has 7 aromatic rings. The maximum absolute atomic E-state index is 5.79. The van der Waals surface area contributed by atoms with Crippen LogP contribution < -0.4 is 0 Å². The molecule has 0 aliphatic heterocycles. The monoisotopic (exact) mass is 882 g/mol. The van der Waals surface area contributed by atoms with Crippen molar-refractivity contribution in [3.8, 4) is 22.3 Å². The van der Waals surface area contributed by atoms with E-state index in [0.717, 1.165) is 23.7 Å². The molecule has 0 radical (unpaired) electrons. The Balaban J connectivity index is 1.17. The van der Waals surface area contributed by atoms with Gasteiger partial charge < -0.3 is 4.40 Å². The molecule has 0 saturated heterocycles. The van der Waals surface area contributed by atoms with Crippen molar-refractivity contribution >= 4 is 38.1 Å². The van der Waals surface area contributed by atoms with Crippen LogP contribution in [0.1, 0.15) is 221 Å². The van der Waals surface area contributed by atoms with E-state index in [-0.39, 0.29) is 27.1 Å². The molecule has 17 rings (SSSR count). The van der Waals surface area contributed by atoms with Crippen LogP contribution in [0.3, 0.4) is 0 Å². The van der Waals surface area contributed by atoms with Gasteiger partial charge in [-0.3, -0.25) is 9.97 Å². The van der Waals surface area contributed by atoms with Crippen LogP contribution in [0.5, 0.6) is 0 Å². The summed E-state index contributed by atoms with van der Waals surface area (Å²) in [6.07, 6.45) is 19.9. The van der Waals surface area contributed by atoms with Crippen molar-refractivity contribution in [2.75, 3.05) is 0 Å². The molecule has 342 valence electrons. The van der Waals surface area contributed by atoms with Crippen LogP contribution in [0.4, 0.5) is 0 Å². The second kappa shape index (κ2) is 11.7. The van der Waals surface area contributed by atoms with Gasteiger partial charge in [-0.15, -0.1) is 0 Å². The van der Waals surface area contributed by atoms with Crippen LogP contribution in [0, 0.1) is 29.1 Å². The van der Waals surface area contributed by atoms with Crippen LogP contribution in [0.2, 0.25) is 0 Å². The lowest BCUT2D eigenvalue weighted by atomic mass is 9.41. The zero-order valence-corrected chi connectivity index (χ0v) is 42.4. The van der Waals surface area contributed by atoms with Gasteiger partial charge in [-0.25, -0.2) is 0 Å². The van der Waals surface area contributed by atoms with Crippen molar-refractivity contribution in [2.24, 2.45) is 29.1 Å². The Morgan fingerprint density at radius 2 is 1.06 bits per heavy atom. The van der Waals surface area contributed by atoms with Gasteiger partial charge in [0.15, 0.2) is 0 Å². The lowest BCUT2D eigenvalue weighted by Gasteiger charge is -2.61. The van der Waals surface area contributed by atoms with Crippen molar-refractivity contribution in [2.45, 2.75) is 198 Å². The van der Waals surface area contributed by atoms with E-state index in [1.807, 2.05) is 0 Å². The van der Waals surface area contributed by atoms with Crippen LogP contribution in [-0.2, 0) is 27.1 Å². The van der Waals surface area contributed by atoms with Crippen molar-refractivity contribution in [3.63, 3.8) is 0 Å². The Hall–Kier alpha value is -4.24. The molecule has 10 aliphatic rings. The highest BCUT2D eigenvalue weighted by Gasteiger charge is 2.67. The molecule has 4 heterocycles. The van der Waals surface area contributed by atoms with E-state index in [2.05, 4.69) is 129 Å². The van der Waals surface area contributed by atoms with E-state index in [1.165, 1.54) is 132 Å². The molecule has 5 fully saturated rings. The van der Waals surface area contributed by atoms with Gasteiger partial charge in [-0.2, -0.15) is 0 Å². The van der Waals surface area contributed by atoms with E-state index < -0.39 is 0 Å². The van der Waals surface area contributed by atoms with E-state index in [1.54, 1.807) is 49.4 Å². The van der Waals surface area contributed by atoms with Crippen molar-refractivity contribution < 1.29 is 0 Å². The van der Waals surface area contributed by atoms with Gasteiger partial charge in [-0.1, -0.05) is 113 Å². The summed E-state index contributed by atoms with van der Waals surface area (Å²) in [4.78, 5) is 11.6. The molecule has 0 N–H and O–H groups in total. The lowest BCUT2D eigenvalue weighted by molar-refractivity contribution is 0.00321. The second-order valence-electron chi connectivity index (χ2n) is 28.4. The lowest BCUT2D eigenvalue weighted by Crippen LogP contribution is -2.58. The van der Waals surface area contributed by atoms with Crippen LogP contribution >= 0.6 is 0 Å². The van der Waals surface area contributed by atoms with Gasteiger partial charge in [0.05, 0.1) is 28.9 Å². The Morgan fingerprint density at radius 3 is 1.64 bits per heavy atom. The number of fused-ring (bicyclic) bond motifs is 18. The van der Waals surface area contributed by atoms with Gasteiger partial charge >= 0.3 is 0 Å². The third-order valence-electron chi connectivity index (χ3n) is 23.2. The van der Waals surface area contributed by atoms with Crippen molar-refractivity contribution in [1.29, 1.82) is 0 Å². The standard InChI is InChI=1S/C64H71N3/c1-59(2,3)37-14-16-41-43(25-37)61(7,8)63(11)55-49(41)53-51-45(29-65-56-34-20-32(21-34)18-31-12-13-33(19-31)47(51)56)67-46-30-66-57-36-23-40-24-39-22-35(27-64(39,40)28-36)48(57)52(46)54(58(53)67)50(55)42-17-15-38(60(4,5)6)26-44(42)62(63,9)10/h14-17,25-26,29-36,39-40H,12-13,18-24,27-28H2,1-11H3. The van der Waals surface area contributed by atoms with Gasteiger partial charge in [0, 0.05) is 61.0 Å². The normalized spacial score (nSPS) is 34.2. The maximum Gasteiger partial charge on any atom is 0.0728 e. The predicted octanol–water partition coefficient (Wildman–Crippen LogP) is 16.6. The van der Waals surface area contributed by atoms with Crippen molar-refractivity contribution in [3.05, 3.63) is 99.1 Å². The van der Waals surface area contributed by atoms with Gasteiger partial charge in [0.25, 0.3) is 0 Å². The van der Waals surface area contributed by atoms with Crippen LogP contribution in [0.25, 0.3) is 60.3 Å². The van der Waals surface area contributed by atoms with Crippen molar-refractivity contribution in [1.82, 2.24) is 14.4 Å². The number of rotatable bonds is 0. The van der Waals surface area contributed by atoms with Crippen LogP contribution in [-0.4, -0.2) is 14.4 Å². The molecule has 8 atom stereocenters. The third-order valence-corrected chi connectivity index (χ3v) is 23.2. The molecule has 3 aromatic carbocycles. The Kier molecular flexibility index (Phi) is 6.90. The Morgan fingerprint density at radius 1 is 0.537 bits per heavy atom. The first-order valence-electron chi connectivity index (χ1n) is 27.2. The summed E-state index contributed by atoms with van der Waals surface area (Å²) in [6, 6.07) is 15.6. The Labute approximate surface area is 398 Å². The number of pyridine rings is 2. The highest BCUT2D eigenvalue weighted by Crippen LogP contribution is 2.77. The topological polar surface area (TPSA) is 30.2 Å². The molecular formula is C64H71N3. The van der Waals surface area contributed by atoms with E-state index in [9.17, 15) is 0 Å². The average molecular weight is 882 g/mol. The molecule has 3 nitrogen and oxygen atoms in total. The summed E-state index contributed by atoms with van der Waals surface area (Å²) in [6.45, 7) is 27.8. The Bertz CT molecular complexity index is 3310. The second-order valence-corrected chi connectivity index (χ2v) is 28.4. The third kappa shape index (κ3) is 4.29. The average Bonchev–Trinajstić information content (AvgIpc) is 4.07. The highest BCUT2D eigenvalue weighted by molar-refractivity contribution is 6.33. The molecule has 5 saturated carbocycles. The molecule has 0 amide bonds. The fraction of sp³-hybridized carbons (Fsp3) is 0.562. The molecule has 8 unspecified atom stereocenters. The summed E-state index contributed by atoms with van der Waals surface area (Å²) in [5, 5.41) is 6.26. The zero-order chi connectivity index (χ0) is 45.6. The van der Waals surface area contributed by atoms with Crippen LogP contribution in [0.15, 0.2) is 48.8 Å². The molecule has 4 aromatic heterocycles. The molecule has 10 aliphatic carbocycles. The molecule has 3 heteroatoms. The highest BCUT2D eigenvalue weighted by atomic mass is 15.0. The fourth-order valence-corrected chi connectivity index (χ4v) is 19.5. The quantitative estimate of drug-likeness (QED) is 0.152. The van der Waals surface area contributed by atoms with Gasteiger partial charge in [0.2, 0.25) is 0 Å². The minimum atomic E-state index is -0.250. The minimum absolute atomic E-state index is 0.0384. The SMILES string of the molecule is CC(C)(C)c1ccc2c(c1)C(C)(C)C1(C)c3c-2c2c4c5c(ncc4n4c6cnc7c(c6c(c3-c3ccc(C(C)(C)C)cc3C1(C)C)c24)C1CC2CC3CC7CC32C1)C1CC(CC2CCC5C2)C1. The predicted molar refractivity (Wildman–Crippen MR) is 277 cm³/mol. The number of nitrogens with zero attached hydrogens (tertiary/aromatic N) is 3. The summed E-state index contributed by atoms with van der Waals surface area (Å²) in [5.74, 6) is 5.93. The van der Waals surface area contributed by atoms with E-state index in [4.69, 9.17) is 9.97 Å². The number of aromatic nitrogens is 3. The minimum Gasteiger partial charge on any atom is -0.305 e. The zero-order valence-electron chi connectivity index (χ0n) is 42.4. The first-order valence-corrected chi connectivity index (χ1v) is 27.2. The molecule has 1 spiro atoms. The summed E-state index contributed by atoms with van der Waals surface area (Å²) in [7, 11) is 0. The van der Waals surface area contributed by atoms with E-state index >= 15 is 0 Å². The molecule has 67 heavy (non-hydrogen) atoms. The summed E-state index contributed by atoms with van der Waals surface area (Å²) < 4.78 is 2.80. The molecule has 7 bridgehead atoms. The number of hydrogen-bond acceptors (Lipinski definition) is 2. The van der Waals surface area contributed by atoms with Gasteiger partial charge in [0.1, 0.15) is 0 Å². The van der Waals surface area contributed by atoms with Gasteiger partial charge in [-0.05, 0) is 184 Å². The smallest absolute Gasteiger partial charge is 0.0728 e. The first kappa shape index (κ1) is 39.6. The number of hydrogen-bond donors (Lipinski definition) is 0. The number of benzene rings is 3. The van der Waals surface area contributed by atoms with E-state index in [0.29, 0.717) is 29.1 Å². The summed E-state index contributed by atoms with van der Waals surface area (Å²) in [5.41, 5.74) is 24.2. The molecular weight excluding hydrogens is 811 g/mol. The fourth-order valence-electron chi connectivity index (χ4n) is 19.5.